The molecule has 11 heavy (non-hydrogen) atoms. The van der Waals surface area contributed by atoms with E-state index in [1.54, 1.807) is 24.3 Å². The van der Waals surface area contributed by atoms with E-state index < -0.39 is 11.8 Å². The van der Waals surface area contributed by atoms with Crippen LogP contribution in [-0.2, 0) is 0 Å². The molecule has 0 radical (unpaired) electrons. The summed E-state index contributed by atoms with van der Waals surface area (Å²) in [7, 11) is 0. The van der Waals surface area contributed by atoms with Gasteiger partial charge in [-0.15, -0.1) is 0 Å². The summed E-state index contributed by atoms with van der Waals surface area (Å²) < 4.78 is 0. The van der Waals surface area contributed by atoms with Crippen LogP contribution in [-0.4, -0.2) is 16.9 Å². The molecule has 1 aliphatic carbocycles. The van der Waals surface area contributed by atoms with E-state index in [0.29, 0.717) is 0 Å². The van der Waals surface area contributed by atoms with Gasteiger partial charge in [0.2, 0.25) is 0 Å². The van der Waals surface area contributed by atoms with Crippen LogP contribution in [0.2, 0.25) is 0 Å². The molecule has 0 saturated heterocycles. The van der Waals surface area contributed by atoms with Crippen molar-refractivity contribution in [3.8, 4) is 0 Å². The zero-order valence-electron chi connectivity index (χ0n) is 6.20. The van der Waals surface area contributed by atoms with Crippen LogP contribution in [0.25, 0.3) is 0 Å². The summed E-state index contributed by atoms with van der Waals surface area (Å²) in [4.78, 5) is 0. The number of rotatable bonds is 2. The molecule has 0 heterocycles. The second kappa shape index (κ2) is 2.90. The van der Waals surface area contributed by atoms with Gasteiger partial charge in [-0.3, -0.25) is 0 Å². The third-order valence-electron chi connectivity index (χ3n) is 1.62. The molecule has 0 fully saturated rings. The average molecular weight is 152 g/mol. The molecule has 4 N–H and O–H groups in total. The van der Waals surface area contributed by atoms with Crippen molar-refractivity contribution in [2.45, 2.75) is 11.8 Å². The number of hydrogen-bond acceptors (Lipinski definition) is 3. The number of hydrogen-bond donors (Lipinski definition) is 3. The van der Waals surface area contributed by atoms with Crippen molar-refractivity contribution in [2.75, 3.05) is 0 Å². The lowest BCUT2D eigenvalue weighted by Gasteiger charge is -2.30. The van der Waals surface area contributed by atoms with Crippen LogP contribution in [0, 0.1) is 0 Å². The highest BCUT2D eigenvalue weighted by Gasteiger charge is 2.29. The topological polar surface area (TPSA) is 58.3 Å². The maximum atomic E-state index is 9.69. The minimum absolute atomic E-state index is 0.425. The Morgan fingerprint density at radius 2 is 2.36 bits per heavy atom. The van der Waals surface area contributed by atoms with Crippen molar-refractivity contribution >= 4 is 0 Å². The highest BCUT2D eigenvalue weighted by Crippen LogP contribution is 2.12. The maximum Gasteiger partial charge on any atom is 0.173 e. The molecule has 0 aromatic carbocycles. The van der Waals surface area contributed by atoms with Crippen LogP contribution < -0.4 is 11.1 Å². The van der Waals surface area contributed by atoms with Crippen LogP contribution in [0.5, 0.6) is 0 Å². The molecule has 0 aliphatic heterocycles. The molecule has 0 aromatic rings. The van der Waals surface area contributed by atoms with E-state index in [2.05, 4.69) is 11.9 Å². The standard InChI is InChI=1S/C8H12N2O/c1-2-10-8(11)6-4-3-5-7(8)9/h2-7,10-11H,1,9H2/t7-,8-/m0/s1. The average Bonchev–Trinajstić information content (AvgIpc) is 1.96. The number of allylic oxidation sites excluding steroid dienone is 2. The largest absolute Gasteiger partial charge is 0.366 e. The second-order valence-electron chi connectivity index (χ2n) is 2.44. The highest BCUT2D eigenvalue weighted by molar-refractivity contribution is 5.23. The molecule has 1 rings (SSSR count). The van der Waals surface area contributed by atoms with Crippen molar-refractivity contribution in [2.24, 2.45) is 5.73 Å². The Kier molecular flexibility index (Phi) is 2.12. The molecule has 3 heteroatoms. The van der Waals surface area contributed by atoms with Gasteiger partial charge in [0, 0.05) is 0 Å². The van der Waals surface area contributed by atoms with Gasteiger partial charge in [0.15, 0.2) is 5.72 Å². The second-order valence-corrected chi connectivity index (χ2v) is 2.44. The number of nitrogens with two attached hydrogens (primary N) is 1. The fraction of sp³-hybridized carbons (Fsp3) is 0.250. The van der Waals surface area contributed by atoms with Gasteiger partial charge in [-0.2, -0.15) is 0 Å². The van der Waals surface area contributed by atoms with Crippen molar-refractivity contribution in [1.29, 1.82) is 0 Å². The summed E-state index contributed by atoms with van der Waals surface area (Å²) in [6.07, 6.45) is 8.27. The van der Waals surface area contributed by atoms with E-state index in [0.717, 1.165) is 0 Å². The van der Waals surface area contributed by atoms with Crippen LogP contribution in [0.15, 0.2) is 37.1 Å². The lowest BCUT2D eigenvalue weighted by Crippen LogP contribution is -2.54. The predicted molar refractivity (Wildman–Crippen MR) is 44.5 cm³/mol. The van der Waals surface area contributed by atoms with Crippen molar-refractivity contribution in [3.63, 3.8) is 0 Å². The van der Waals surface area contributed by atoms with Crippen molar-refractivity contribution < 1.29 is 5.11 Å². The predicted octanol–water partition coefficient (Wildman–Crippen LogP) is -0.139. The number of nitrogens with one attached hydrogen (secondary N) is 1. The van der Waals surface area contributed by atoms with Gasteiger partial charge < -0.3 is 16.2 Å². The van der Waals surface area contributed by atoms with Crippen molar-refractivity contribution in [1.82, 2.24) is 5.32 Å². The molecule has 60 valence electrons. The smallest absolute Gasteiger partial charge is 0.173 e. The summed E-state index contributed by atoms with van der Waals surface area (Å²) >= 11 is 0. The zero-order valence-corrected chi connectivity index (χ0v) is 6.20. The Bertz CT molecular complexity index is 210. The Balaban J connectivity index is 2.76. The summed E-state index contributed by atoms with van der Waals surface area (Å²) in [5.74, 6) is 0. The van der Waals surface area contributed by atoms with Gasteiger partial charge in [-0.1, -0.05) is 24.8 Å². The van der Waals surface area contributed by atoms with E-state index in [4.69, 9.17) is 5.73 Å². The third kappa shape index (κ3) is 1.50. The van der Waals surface area contributed by atoms with Crippen LogP contribution in [0.4, 0.5) is 0 Å². The molecule has 0 aromatic heterocycles. The molecular weight excluding hydrogens is 140 g/mol. The van der Waals surface area contributed by atoms with Gasteiger partial charge in [-0.25, -0.2) is 0 Å². The quantitative estimate of drug-likeness (QED) is 0.483. The monoisotopic (exact) mass is 152 g/mol. The molecular formula is C8H12N2O. The summed E-state index contributed by atoms with van der Waals surface area (Å²) in [6.45, 7) is 3.45. The zero-order chi connectivity index (χ0) is 8.32. The number of aliphatic hydroxyl groups is 1. The Hall–Kier alpha value is -1.06. The van der Waals surface area contributed by atoms with E-state index >= 15 is 0 Å². The van der Waals surface area contributed by atoms with Gasteiger partial charge in [-0.05, 0) is 12.3 Å². The van der Waals surface area contributed by atoms with E-state index in [-0.39, 0.29) is 0 Å². The van der Waals surface area contributed by atoms with Gasteiger partial charge >= 0.3 is 0 Å². The molecule has 2 atom stereocenters. The lowest BCUT2D eigenvalue weighted by molar-refractivity contribution is 0.0550. The fourth-order valence-electron chi connectivity index (χ4n) is 0.952. The summed E-state index contributed by atoms with van der Waals surface area (Å²) in [6, 6.07) is -0.425. The Morgan fingerprint density at radius 1 is 1.64 bits per heavy atom. The van der Waals surface area contributed by atoms with Crippen molar-refractivity contribution in [3.05, 3.63) is 37.1 Å². The maximum absolute atomic E-state index is 9.69. The molecule has 3 nitrogen and oxygen atoms in total. The fourth-order valence-corrected chi connectivity index (χ4v) is 0.952. The van der Waals surface area contributed by atoms with E-state index in [9.17, 15) is 5.11 Å². The third-order valence-corrected chi connectivity index (χ3v) is 1.62. The molecule has 0 spiro atoms. The van der Waals surface area contributed by atoms with Crippen LogP contribution in [0.1, 0.15) is 0 Å². The molecule has 0 saturated carbocycles. The Labute approximate surface area is 65.9 Å². The molecule has 1 aliphatic rings. The normalized spacial score (nSPS) is 35.3. The van der Waals surface area contributed by atoms with Crippen LogP contribution in [0.3, 0.4) is 0 Å². The molecule has 0 amide bonds. The summed E-state index contributed by atoms with van der Waals surface area (Å²) in [5.41, 5.74) is 4.43. The van der Waals surface area contributed by atoms with Gasteiger partial charge in [0.1, 0.15) is 0 Å². The van der Waals surface area contributed by atoms with E-state index in [1.165, 1.54) is 6.20 Å². The first kappa shape index (κ1) is 8.04. The lowest BCUT2D eigenvalue weighted by atomic mass is 10.00. The van der Waals surface area contributed by atoms with Crippen LogP contribution >= 0.6 is 0 Å². The first-order valence-corrected chi connectivity index (χ1v) is 3.41. The highest BCUT2D eigenvalue weighted by atomic mass is 16.3. The molecule has 0 unspecified atom stereocenters. The Morgan fingerprint density at radius 3 is 2.91 bits per heavy atom. The first-order chi connectivity index (χ1) is 5.19. The SMILES string of the molecule is C=CN[C@]1(O)C=CC=C[C@@H]1N. The molecule has 0 bridgehead atoms. The summed E-state index contributed by atoms with van der Waals surface area (Å²) in [5, 5.41) is 12.4. The minimum Gasteiger partial charge on any atom is -0.366 e. The van der Waals surface area contributed by atoms with Gasteiger partial charge in [0.05, 0.1) is 6.04 Å². The van der Waals surface area contributed by atoms with E-state index in [1.807, 2.05) is 0 Å². The van der Waals surface area contributed by atoms with Gasteiger partial charge in [0.25, 0.3) is 0 Å². The minimum atomic E-state index is -1.17. The first-order valence-electron chi connectivity index (χ1n) is 3.41.